The van der Waals surface area contributed by atoms with Crippen LogP contribution < -0.4 is 0 Å². The number of benzene rings is 3. The predicted octanol–water partition coefficient (Wildman–Crippen LogP) is 4.80. The van der Waals surface area contributed by atoms with E-state index in [9.17, 15) is 19.1 Å². The first-order chi connectivity index (χ1) is 15.0. The van der Waals surface area contributed by atoms with Gasteiger partial charge >= 0.3 is 0 Å². The molecule has 156 valence electrons. The Morgan fingerprint density at radius 2 is 1.58 bits per heavy atom. The number of carbonyl (C=O) groups is 2. The standard InChI is InChI=1S/C26H22FNO3/c1-17-7-11-20(12-8-17)24(29)22-23(19-5-3-2-4-6-19)28(26(31)25(22)30)16-15-18-9-13-21(27)14-10-18/h2-14,23,29H,15-16H2,1H3/b24-22-. The van der Waals surface area contributed by atoms with Gasteiger partial charge in [0.05, 0.1) is 11.6 Å². The molecule has 1 unspecified atom stereocenters. The minimum atomic E-state index is -0.703. The van der Waals surface area contributed by atoms with Gasteiger partial charge in [-0.15, -0.1) is 0 Å². The van der Waals surface area contributed by atoms with Crippen LogP contribution in [0.1, 0.15) is 28.3 Å². The van der Waals surface area contributed by atoms with Crippen LogP contribution in [-0.2, 0) is 16.0 Å². The predicted molar refractivity (Wildman–Crippen MR) is 117 cm³/mol. The molecule has 1 fully saturated rings. The van der Waals surface area contributed by atoms with Crippen LogP contribution in [-0.4, -0.2) is 28.2 Å². The van der Waals surface area contributed by atoms with Gasteiger partial charge in [0.2, 0.25) is 0 Å². The van der Waals surface area contributed by atoms with Crippen molar-refractivity contribution in [3.05, 3.63) is 113 Å². The summed E-state index contributed by atoms with van der Waals surface area (Å²) in [4.78, 5) is 27.4. The fourth-order valence-electron chi connectivity index (χ4n) is 3.86. The van der Waals surface area contributed by atoms with E-state index in [2.05, 4.69) is 0 Å². The zero-order valence-electron chi connectivity index (χ0n) is 17.1. The van der Waals surface area contributed by atoms with Gasteiger partial charge in [-0.25, -0.2) is 4.39 Å². The molecule has 1 amide bonds. The highest BCUT2D eigenvalue weighted by Gasteiger charge is 2.45. The van der Waals surface area contributed by atoms with Gasteiger partial charge in [-0.3, -0.25) is 9.59 Å². The molecule has 0 radical (unpaired) electrons. The second kappa shape index (κ2) is 8.56. The van der Waals surface area contributed by atoms with Crippen LogP contribution in [0.5, 0.6) is 0 Å². The Balaban J connectivity index is 1.74. The number of hydrogen-bond donors (Lipinski definition) is 1. The van der Waals surface area contributed by atoms with E-state index in [1.54, 1.807) is 24.3 Å². The molecule has 5 heteroatoms. The summed E-state index contributed by atoms with van der Waals surface area (Å²) in [6.07, 6.45) is 0.460. The Morgan fingerprint density at radius 3 is 2.23 bits per heavy atom. The fraction of sp³-hybridized carbons (Fsp3) is 0.154. The quantitative estimate of drug-likeness (QED) is 0.370. The molecular weight excluding hydrogens is 393 g/mol. The molecular formula is C26H22FNO3. The zero-order chi connectivity index (χ0) is 22.0. The molecule has 1 atom stereocenters. The molecule has 1 heterocycles. The van der Waals surface area contributed by atoms with Crippen molar-refractivity contribution in [2.24, 2.45) is 0 Å². The van der Waals surface area contributed by atoms with E-state index < -0.39 is 17.7 Å². The maximum absolute atomic E-state index is 13.2. The van der Waals surface area contributed by atoms with Gasteiger partial charge < -0.3 is 10.0 Å². The SMILES string of the molecule is Cc1ccc(/C(O)=C2/C(=O)C(=O)N(CCc3ccc(F)cc3)C2c2ccccc2)cc1. The normalized spacial score (nSPS) is 17.9. The van der Waals surface area contributed by atoms with Crippen LogP contribution >= 0.6 is 0 Å². The summed E-state index contributed by atoms with van der Waals surface area (Å²) in [5, 5.41) is 11.0. The minimum absolute atomic E-state index is 0.0826. The van der Waals surface area contributed by atoms with Crippen molar-refractivity contribution in [1.82, 2.24) is 4.90 Å². The van der Waals surface area contributed by atoms with Gasteiger partial charge in [-0.2, -0.15) is 0 Å². The fourth-order valence-corrected chi connectivity index (χ4v) is 3.86. The van der Waals surface area contributed by atoms with E-state index in [0.717, 1.165) is 16.7 Å². The Morgan fingerprint density at radius 1 is 0.935 bits per heavy atom. The topological polar surface area (TPSA) is 57.6 Å². The smallest absolute Gasteiger partial charge is 0.295 e. The van der Waals surface area contributed by atoms with E-state index in [-0.39, 0.29) is 23.7 Å². The van der Waals surface area contributed by atoms with Gasteiger partial charge in [0.15, 0.2) is 0 Å². The summed E-state index contributed by atoms with van der Waals surface area (Å²) in [5.74, 6) is -1.86. The van der Waals surface area contributed by atoms with Gasteiger partial charge in [0.25, 0.3) is 11.7 Å². The number of aliphatic hydroxyl groups excluding tert-OH is 1. The largest absolute Gasteiger partial charge is 0.507 e. The molecule has 0 aromatic heterocycles. The number of halogens is 1. The molecule has 4 rings (SSSR count). The van der Waals surface area contributed by atoms with Crippen LogP contribution in [0.3, 0.4) is 0 Å². The average molecular weight is 415 g/mol. The maximum atomic E-state index is 13.2. The summed E-state index contributed by atoms with van der Waals surface area (Å²) >= 11 is 0. The van der Waals surface area contributed by atoms with Crippen LogP contribution in [0.15, 0.2) is 84.4 Å². The van der Waals surface area contributed by atoms with Crippen molar-refractivity contribution in [3.8, 4) is 0 Å². The highest BCUT2D eigenvalue weighted by atomic mass is 19.1. The van der Waals surface area contributed by atoms with E-state index in [1.165, 1.54) is 17.0 Å². The molecule has 1 N–H and O–H groups in total. The molecule has 0 spiro atoms. The Labute approximate surface area is 180 Å². The number of Topliss-reactive ketones (excluding diaryl/α,β-unsaturated/α-hetero) is 1. The van der Waals surface area contributed by atoms with Crippen LogP contribution in [0.2, 0.25) is 0 Å². The lowest BCUT2D eigenvalue weighted by Crippen LogP contribution is -2.31. The highest BCUT2D eigenvalue weighted by molar-refractivity contribution is 6.46. The second-order valence-electron chi connectivity index (χ2n) is 7.65. The summed E-state index contributed by atoms with van der Waals surface area (Å²) in [6.45, 7) is 2.20. The van der Waals surface area contributed by atoms with Crippen molar-refractivity contribution in [2.75, 3.05) is 6.54 Å². The summed E-state index contributed by atoms with van der Waals surface area (Å²) in [7, 11) is 0. The summed E-state index contributed by atoms with van der Waals surface area (Å²) in [5.41, 5.74) is 3.20. The molecule has 0 aliphatic carbocycles. The molecule has 4 nitrogen and oxygen atoms in total. The van der Waals surface area contributed by atoms with Gasteiger partial charge in [-0.05, 0) is 36.6 Å². The first-order valence-electron chi connectivity index (χ1n) is 10.1. The minimum Gasteiger partial charge on any atom is -0.507 e. The number of likely N-dealkylation sites (tertiary alicyclic amines) is 1. The zero-order valence-corrected chi connectivity index (χ0v) is 17.1. The Bertz CT molecular complexity index is 1140. The van der Waals surface area contributed by atoms with Gasteiger partial charge in [-0.1, -0.05) is 72.3 Å². The average Bonchev–Trinajstić information content (AvgIpc) is 3.04. The van der Waals surface area contributed by atoms with E-state index in [4.69, 9.17) is 0 Å². The molecule has 0 saturated carbocycles. The highest BCUT2D eigenvalue weighted by Crippen LogP contribution is 2.39. The van der Waals surface area contributed by atoms with Crippen LogP contribution in [0, 0.1) is 12.7 Å². The van der Waals surface area contributed by atoms with Crippen molar-refractivity contribution < 1.29 is 19.1 Å². The maximum Gasteiger partial charge on any atom is 0.295 e. The number of aryl methyl sites for hydroxylation is 1. The molecule has 3 aromatic carbocycles. The lowest BCUT2D eigenvalue weighted by atomic mass is 9.95. The molecule has 1 aliphatic rings. The third kappa shape index (κ3) is 4.12. The third-order valence-corrected chi connectivity index (χ3v) is 5.53. The van der Waals surface area contributed by atoms with E-state index >= 15 is 0 Å². The number of carbonyl (C=O) groups excluding carboxylic acids is 2. The van der Waals surface area contributed by atoms with Crippen molar-refractivity contribution in [1.29, 1.82) is 0 Å². The molecule has 1 aliphatic heterocycles. The first kappa shape index (κ1) is 20.5. The van der Waals surface area contributed by atoms with Gasteiger partial charge in [0, 0.05) is 12.1 Å². The monoisotopic (exact) mass is 415 g/mol. The Kier molecular flexibility index (Phi) is 5.67. The van der Waals surface area contributed by atoms with E-state index in [1.807, 2.05) is 49.4 Å². The number of hydrogen-bond acceptors (Lipinski definition) is 3. The van der Waals surface area contributed by atoms with Crippen LogP contribution in [0.4, 0.5) is 4.39 Å². The Hall–Kier alpha value is -3.73. The number of rotatable bonds is 5. The van der Waals surface area contributed by atoms with Crippen molar-refractivity contribution >= 4 is 17.4 Å². The lowest BCUT2D eigenvalue weighted by molar-refractivity contribution is -0.139. The molecule has 3 aromatic rings. The first-order valence-corrected chi connectivity index (χ1v) is 10.1. The summed E-state index contributed by atoms with van der Waals surface area (Å²) < 4.78 is 13.2. The number of nitrogens with zero attached hydrogens (tertiary/aromatic N) is 1. The van der Waals surface area contributed by atoms with Gasteiger partial charge in [0.1, 0.15) is 11.6 Å². The third-order valence-electron chi connectivity index (χ3n) is 5.53. The number of amides is 1. The lowest BCUT2D eigenvalue weighted by Gasteiger charge is -2.25. The summed E-state index contributed by atoms with van der Waals surface area (Å²) in [6, 6.07) is 21.7. The van der Waals surface area contributed by atoms with E-state index in [0.29, 0.717) is 12.0 Å². The van der Waals surface area contributed by atoms with Crippen molar-refractivity contribution in [2.45, 2.75) is 19.4 Å². The molecule has 31 heavy (non-hydrogen) atoms. The second-order valence-corrected chi connectivity index (χ2v) is 7.65. The molecule has 0 bridgehead atoms. The number of ketones is 1. The van der Waals surface area contributed by atoms with Crippen LogP contribution in [0.25, 0.3) is 5.76 Å². The van der Waals surface area contributed by atoms with Crippen molar-refractivity contribution in [3.63, 3.8) is 0 Å². The molecule has 1 saturated heterocycles. The number of aliphatic hydroxyl groups is 1.